The lowest BCUT2D eigenvalue weighted by molar-refractivity contribution is -0.142. The largest absolute Gasteiger partial charge is 0.466 e. The van der Waals surface area contributed by atoms with Crippen molar-refractivity contribution < 1.29 is 9.53 Å². The van der Waals surface area contributed by atoms with Gasteiger partial charge < -0.3 is 4.74 Å². The second-order valence-corrected chi connectivity index (χ2v) is 4.61. The molecule has 2 rings (SSSR count). The highest BCUT2D eigenvalue weighted by Crippen LogP contribution is 2.27. The van der Waals surface area contributed by atoms with E-state index in [1.54, 1.807) is 11.3 Å². The molecule has 88 valence electrons. The van der Waals surface area contributed by atoms with Crippen molar-refractivity contribution in [2.24, 2.45) is 0 Å². The summed E-state index contributed by atoms with van der Waals surface area (Å²) in [5, 5.41) is 3.16. The summed E-state index contributed by atoms with van der Waals surface area (Å²) >= 11 is 1.65. The third-order valence-corrected chi connectivity index (χ3v) is 3.55. The van der Waals surface area contributed by atoms with Crippen LogP contribution in [0.1, 0.15) is 18.1 Å². The minimum absolute atomic E-state index is 0.167. The van der Waals surface area contributed by atoms with E-state index in [0.29, 0.717) is 13.0 Å². The Hall–Kier alpha value is -1.61. The summed E-state index contributed by atoms with van der Waals surface area (Å²) in [5.41, 5.74) is 2.14. The molecular formula is C14H14O2S. The monoisotopic (exact) mass is 246 g/mol. The summed E-state index contributed by atoms with van der Waals surface area (Å²) < 4.78 is 6.14. The lowest BCUT2D eigenvalue weighted by Crippen LogP contribution is -2.06. The van der Waals surface area contributed by atoms with E-state index in [0.717, 1.165) is 16.5 Å². The summed E-state index contributed by atoms with van der Waals surface area (Å²) in [7, 11) is 0. The summed E-state index contributed by atoms with van der Waals surface area (Å²) in [6.45, 7) is 6.00. The zero-order valence-corrected chi connectivity index (χ0v) is 10.5. The van der Waals surface area contributed by atoms with E-state index in [9.17, 15) is 4.79 Å². The molecule has 0 aliphatic rings. The highest BCUT2D eigenvalue weighted by Gasteiger charge is 2.09. The van der Waals surface area contributed by atoms with Crippen molar-refractivity contribution in [3.8, 4) is 0 Å². The summed E-state index contributed by atoms with van der Waals surface area (Å²) in [4.78, 5) is 11.4. The molecule has 0 bridgehead atoms. The molecule has 0 N–H and O–H groups in total. The Morgan fingerprint density at radius 3 is 3.06 bits per heavy atom. The zero-order valence-electron chi connectivity index (χ0n) is 9.73. The van der Waals surface area contributed by atoms with E-state index >= 15 is 0 Å². The number of carbonyl (C=O) groups is 1. The minimum Gasteiger partial charge on any atom is -0.466 e. The Balaban J connectivity index is 2.30. The van der Waals surface area contributed by atoms with Crippen LogP contribution in [0.4, 0.5) is 0 Å². The average molecular weight is 246 g/mol. The van der Waals surface area contributed by atoms with E-state index in [-0.39, 0.29) is 5.97 Å². The Labute approximate surface area is 105 Å². The molecule has 0 unspecified atom stereocenters. The first-order valence-electron chi connectivity index (χ1n) is 5.52. The van der Waals surface area contributed by atoms with Gasteiger partial charge in [0.05, 0.1) is 13.0 Å². The summed E-state index contributed by atoms with van der Waals surface area (Å²) in [6.07, 6.45) is 2.17. The lowest BCUT2D eigenvalue weighted by Gasteiger charge is -2.01. The predicted octanol–water partition coefficient (Wildman–Crippen LogP) is 3.65. The molecule has 1 aromatic heterocycles. The number of rotatable bonds is 4. The molecule has 0 atom stereocenters. The summed E-state index contributed by atoms with van der Waals surface area (Å²) in [6, 6.07) is 6.13. The molecule has 0 aliphatic carbocycles. The van der Waals surface area contributed by atoms with Crippen LogP contribution >= 0.6 is 11.3 Å². The van der Waals surface area contributed by atoms with Gasteiger partial charge in [-0.3, -0.25) is 4.79 Å². The molecule has 2 nitrogen and oxygen atoms in total. The quantitative estimate of drug-likeness (QED) is 0.770. The van der Waals surface area contributed by atoms with Gasteiger partial charge in [0.1, 0.15) is 0 Å². The normalized spacial score (nSPS) is 10.4. The molecule has 2 aromatic rings. The molecule has 0 spiro atoms. The molecule has 0 fully saturated rings. The third-order valence-electron chi connectivity index (χ3n) is 2.56. The van der Waals surface area contributed by atoms with Gasteiger partial charge in [-0.2, -0.15) is 0 Å². The van der Waals surface area contributed by atoms with E-state index in [2.05, 4.69) is 12.6 Å². The van der Waals surface area contributed by atoms with Crippen LogP contribution in [0.3, 0.4) is 0 Å². The van der Waals surface area contributed by atoms with Crippen LogP contribution in [0.15, 0.2) is 30.2 Å². The van der Waals surface area contributed by atoms with E-state index in [4.69, 9.17) is 4.74 Å². The molecule has 0 saturated heterocycles. The maximum atomic E-state index is 11.4. The van der Waals surface area contributed by atoms with Gasteiger partial charge in [-0.05, 0) is 34.9 Å². The first kappa shape index (κ1) is 11.9. The van der Waals surface area contributed by atoms with Crippen molar-refractivity contribution in [3.63, 3.8) is 0 Å². The maximum absolute atomic E-state index is 11.4. The zero-order chi connectivity index (χ0) is 12.3. The van der Waals surface area contributed by atoms with Crippen LogP contribution in [0, 0.1) is 0 Å². The molecule has 1 aromatic carbocycles. The molecule has 0 aliphatic heterocycles. The Morgan fingerprint density at radius 1 is 1.53 bits per heavy atom. The van der Waals surface area contributed by atoms with Gasteiger partial charge in [-0.1, -0.05) is 24.8 Å². The fourth-order valence-electron chi connectivity index (χ4n) is 1.73. The van der Waals surface area contributed by atoms with Crippen molar-refractivity contribution in [1.29, 1.82) is 0 Å². The van der Waals surface area contributed by atoms with E-state index in [1.165, 1.54) is 4.70 Å². The Kier molecular flexibility index (Phi) is 3.59. The van der Waals surface area contributed by atoms with Crippen molar-refractivity contribution in [1.82, 2.24) is 0 Å². The van der Waals surface area contributed by atoms with Crippen LogP contribution < -0.4 is 0 Å². The fourth-order valence-corrected chi connectivity index (χ4v) is 2.74. The Morgan fingerprint density at radius 2 is 2.35 bits per heavy atom. The number of hydrogen-bond donors (Lipinski definition) is 0. The first-order chi connectivity index (χ1) is 8.24. The molecule has 0 radical (unpaired) electrons. The van der Waals surface area contributed by atoms with Crippen LogP contribution in [-0.4, -0.2) is 12.6 Å². The van der Waals surface area contributed by atoms with Crippen molar-refractivity contribution in [2.45, 2.75) is 13.3 Å². The second-order valence-electron chi connectivity index (χ2n) is 3.70. The van der Waals surface area contributed by atoms with Crippen molar-refractivity contribution >= 4 is 33.5 Å². The van der Waals surface area contributed by atoms with Crippen molar-refractivity contribution in [2.75, 3.05) is 6.61 Å². The maximum Gasteiger partial charge on any atom is 0.310 e. The summed E-state index contributed by atoms with van der Waals surface area (Å²) in [5.74, 6) is -0.167. The number of carbonyl (C=O) groups excluding carboxylic acids is 1. The highest BCUT2D eigenvalue weighted by atomic mass is 32.1. The van der Waals surface area contributed by atoms with E-state index < -0.39 is 0 Å². The predicted molar refractivity (Wildman–Crippen MR) is 72.3 cm³/mol. The fraction of sp³-hybridized carbons (Fsp3) is 0.214. The number of fused-ring (bicyclic) bond motifs is 1. The van der Waals surface area contributed by atoms with Gasteiger partial charge in [0.2, 0.25) is 0 Å². The first-order valence-corrected chi connectivity index (χ1v) is 6.40. The topological polar surface area (TPSA) is 26.3 Å². The van der Waals surface area contributed by atoms with Crippen LogP contribution in [-0.2, 0) is 16.0 Å². The van der Waals surface area contributed by atoms with Gasteiger partial charge in [0.15, 0.2) is 0 Å². The van der Waals surface area contributed by atoms with Gasteiger partial charge in [-0.15, -0.1) is 11.3 Å². The SMILES string of the molecule is C=Cc1ccc2c(CC(=O)OCC)csc2c1. The molecule has 1 heterocycles. The second kappa shape index (κ2) is 5.15. The van der Waals surface area contributed by atoms with Crippen LogP contribution in [0.5, 0.6) is 0 Å². The number of hydrogen-bond acceptors (Lipinski definition) is 3. The molecule has 3 heteroatoms. The number of ether oxygens (including phenoxy) is 1. The molecule has 0 amide bonds. The van der Waals surface area contributed by atoms with Gasteiger partial charge in [-0.25, -0.2) is 0 Å². The average Bonchev–Trinajstić information content (AvgIpc) is 2.72. The van der Waals surface area contributed by atoms with Gasteiger partial charge in [0.25, 0.3) is 0 Å². The van der Waals surface area contributed by atoms with Gasteiger partial charge >= 0.3 is 5.97 Å². The van der Waals surface area contributed by atoms with Gasteiger partial charge in [0, 0.05) is 4.70 Å². The number of thiophene rings is 1. The molecular weight excluding hydrogens is 232 g/mol. The molecule has 0 saturated carbocycles. The van der Waals surface area contributed by atoms with E-state index in [1.807, 2.05) is 30.5 Å². The number of benzene rings is 1. The number of esters is 1. The molecule has 17 heavy (non-hydrogen) atoms. The lowest BCUT2D eigenvalue weighted by atomic mass is 10.1. The van der Waals surface area contributed by atoms with Crippen LogP contribution in [0.25, 0.3) is 16.2 Å². The third kappa shape index (κ3) is 2.56. The smallest absolute Gasteiger partial charge is 0.310 e. The highest BCUT2D eigenvalue weighted by molar-refractivity contribution is 7.17. The Bertz CT molecular complexity index is 554. The standard InChI is InChI=1S/C14H14O2S/c1-3-10-5-6-12-11(8-14(15)16-4-2)9-17-13(12)7-10/h3,5-7,9H,1,4,8H2,2H3. The van der Waals surface area contributed by atoms with Crippen LogP contribution in [0.2, 0.25) is 0 Å². The minimum atomic E-state index is -0.167. The van der Waals surface area contributed by atoms with Crippen molar-refractivity contribution in [3.05, 3.63) is 41.3 Å².